The van der Waals surface area contributed by atoms with Crippen LogP contribution in [0.2, 0.25) is 0 Å². The zero-order chi connectivity index (χ0) is 20.9. The van der Waals surface area contributed by atoms with Crippen molar-refractivity contribution in [2.45, 2.75) is 13.5 Å². The molecule has 150 valence electrons. The number of carbonyl (C=O) groups is 1. The summed E-state index contributed by atoms with van der Waals surface area (Å²) >= 11 is 0. The summed E-state index contributed by atoms with van der Waals surface area (Å²) in [6.07, 6.45) is 1.24. The number of aryl methyl sites for hydroxylation is 1. The van der Waals surface area contributed by atoms with Gasteiger partial charge in [-0.1, -0.05) is 17.7 Å². The second-order valence-corrected chi connectivity index (χ2v) is 6.32. The molecule has 0 radical (unpaired) electrons. The number of esters is 1. The number of carbonyl (C=O) groups excluding carboxylic acids is 1. The van der Waals surface area contributed by atoms with Crippen molar-refractivity contribution in [2.75, 3.05) is 11.1 Å². The predicted molar refractivity (Wildman–Crippen MR) is 108 cm³/mol. The van der Waals surface area contributed by atoms with Crippen molar-refractivity contribution in [2.24, 2.45) is 0 Å². The minimum atomic E-state index is -0.529. The van der Waals surface area contributed by atoms with Gasteiger partial charge in [0, 0.05) is 11.3 Å². The first-order valence-corrected chi connectivity index (χ1v) is 8.95. The Bertz CT molecular complexity index is 1140. The number of nitrogens with two attached hydrogens (primary N) is 1. The molecule has 2 aromatic heterocycles. The highest BCUT2D eigenvalue weighted by atomic mass is 16.5. The Balaban J connectivity index is 1.41. The number of benzene rings is 2. The molecule has 0 aliphatic heterocycles. The van der Waals surface area contributed by atoms with Gasteiger partial charge in [-0.25, -0.2) is 4.79 Å². The van der Waals surface area contributed by atoms with E-state index in [1.54, 1.807) is 24.3 Å². The van der Waals surface area contributed by atoms with E-state index in [4.69, 9.17) is 14.9 Å². The number of anilines is 3. The van der Waals surface area contributed by atoms with Gasteiger partial charge in [0.15, 0.2) is 12.4 Å². The molecule has 3 N–H and O–H groups in total. The highest BCUT2D eigenvalue weighted by Crippen LogP contribution is 2.18. The molecule has 0 amide bonds. The van der Waals surface area contributed by atoms with Gasteiger partial charge in [0.25, 0.3) is 0 Å². The average Bonchev–Trinajstić information content (AvgIpc) is 3.28. The van der Waals surface area contributed by atoms with Crippen molar-refractivity contribution < 1.29 is 13.9 Å². The van der Waals surface area contributed by atoms with E-state index in [1.807, 2.05) is 31.2 Å². The van der Waals surface area contributed by atoms with Crippen molar-refractivity contribution in [3.63, 3.8) is 0 Å². The number of ether oxygens (including phenoxy) is 1. The molecule has 4 rings (SSSR count). The molecule has 0 aliphatic carbocycles. The van der Waals surface area contributed by atoms with Crippen LogP contribution in [0.4, 0.5) is 17.6 Å². The maximum absolute atomic E-state index is 12.3. The largest absolute Gasteiger partial charge is 0.454 e. The van der Waals surface area contributed by atoms with Crippen LogP contribution in [0.5, 0.6) is 0 Å². The first-order valence-electron chi connectivity index (χ1n) is 8.95. The standard InChI is InChI=1S/C20H17N7O3/c1-12-2-8-15(9-3-12)23-20-25-16(24-19(21)26-20)10-29-18(28)14-6-4-13(5-7-14)17-27-22-11-30-17/h2-9,11H,10H2,1H3,(H3,21,23,24,25,26). The molecule has 2 heterocycles. The molecule has 0 unspecified atom stereocenters. The quantitative estimate of drug-likeness (QED) is 0.461. The van der Waals surface area contributed by atoms with Gasteiger partial charge < -0.3 is 20.2 Å². The van der Waals surface area contributed by atoms with Gasteiger partial charge in [-0.3, -0.25) is 0 Å². The third-order valence-electron chi connectivity index (χ3n) is 4.07. The van der Waals surface area contributed by atoms with Crippen molar-refractivity contribution in [3.05, 3.63) is 71.9 Å². The van der Waals surface area contributed by atoms with Crippen LogP contribution in [0, 0.1) is 6.92 Å². The van der Waals surface area contributed by atoms with Crippen molar-refractivity contribution in [3.8, 4) is 11.5 Å². The van der Waals surface area contributed by atoms with Gasteiger partial charge in [-0.15, -0.1) is 10.2 Å². The minimum absolute atomic E-state index is 0.0228. The highest BCUT2D eigenvalue weighted by molar-refractivity contribution is 5.89. The third-order valence-corrected chi connectivity index (χ3v) is 4.07. The lowest BCUT2D eigenvalue weighted by molar-refractivity contribution is 0.0462. The molecule has 10 nitrogen and oxygen atoms in total. The molecule has 0 saturated carbocycles. The minimum Gasteiger partial charge on any atom is -0.454 e. The maximum Gasteiger partial charge on any atom is 0.338 e. The maximum atomic E-state index is 12.3. The Morgan fingerprint density at radius 3 is 2.53 bits per heavy atom. The van der Waals surface area contributed by atoms with E-state index >= 15 is 0 Å². The molecule has 4 aromatic rings. The van der Waals surface area contributed by atoms with Crippen molar-refractivity contribution in [1.29, 1.82) is 0 Å². The average molecular weight is 403 g/mol. The second kappa shape index (κ2) is 8.35. The number of nitrogens with zero attached hydrogens (tertiary/aromatic N) is 5. The highest BCUT2D eigenvalue weighted by Gasteiger charge is 2.12. The Hall–Kier alpha value is -4.34. The molecular formula is C20H17N7O3. The first kappa shape index (κ1) is 19.0. The Kier molecular flexibility index (Phi) is 5.29. The monoisotopic (exact) mass is 403 g/mol. The predicted octanol–water partition coefficient (Wildman–Crippen LogP) is 2.91. The van der Waals surface area contributed by atoms with Crippen LogP contribution in [0.3, 0.4) is 0 Å². The van der Waals surface area contributed by atoms with Crippen molar-refractivity contribution >= 4 is 23.6 Å². The fraction of sp³-hybridized carbons (Fsp3) is 0.100. The van der Waals surface area contributed by atoms with Gasteiger partial charge in [0.05, 0.1) is 5.56 Å². The summed E-state index contributed by atoms with van der Waals surface area (Å²) in [5, 5.41) is 10.5. The molecule has 0 fully saturated rings. The number of aromatic nitrogens is 5. The molecule has 10 heteroatoms. The summed E-state index contributed by atoms with van der Waals surface area (Å²) in [4.78, 5) is 24.6. The van der Waals surface area contributed by atoms with E-state index in [1.165, 1.54) is 6.39 Å². The van der Waals surface area contributed by atoms with E-state index in [2.05, 4.69) is 30.5 Å². The van der Waals surface area contributed by atoms with Crippen molar-refractivity contribution in [1.82, 2.24) is 25.1 Å². The molecule has 0 saturated heterocycles. The van der Waals surface area contributed by atoms with Crippen LogP contribution in [-0.2, 0) is 11.3 Å². The van der Waals surface area contributed by atoms with Crippen LogP contribution in [0.1, 0.15) is 21.7 Å². The summed E-state index contributed by atoms with van der Waals surface area (Å²) in [6.45, 7) is 1.84. The van der Waals surface area contributed by atoms with Gasteiger partial charge in [0.2, 0.25) is 24.2 Å². The molecular weight excluding hydrogens is 386 g/mol. The number of hydrogen-bond acceptors (Lipinski definition) is 10. The lowest BCUT2D eigenvalue weighted by Crippen LogP contribution is -2.11. The zero-order valence-electron chi connectivity index (χ0n) is 15.9. The summed E-state index contributed by atoms with van der Waals surface area (Å²) < 4.78 is 10.4. The van der Waals surface area contributed by atoms with E-state index in [-0.39, 0.29) is 24.3 Å². The number of hydrogen-bond donors (Lipinski definition) is 2. The van der Waals surface area contributed by atoms with Crippen LogP contribution in [0.25, 0.3) is 11.5 Å². The third kappa shape index (κ3) is 4.55. The molecule has 0 aliphatic rings. The van der Waals surface area contributed by atoms with Crippen LogP contribution >= 0.6 is 0 Å². The summed E-state index contributed by atoms with van der Waals surface area (Å²) in [5.74, 6) is 0.354. The topological polar surface area (TPSA) is 142 Å². The molecule has 0 spiro atoms. The summed E-state index contributed by atoms with van der Waals surface area (Å²) in [6, 6.07) is 14.3. The van der Waals surface area contributed by atoms with E-state index < -0.39 is 5.97 Å². The van der Waals surface area contributed by atoms with Gasteiger partial charge in [-0.05, 0) is 43.3 Å². The molecule has 30 heavy (non-hydrogen) atoms. The number of nitrogens with one attached hydrogen (secondary N) is 1. The Morgan fingerprint density at radius 2 is 1.83 bits per heavy atom. The molecule has 0 atom stereocenters. The van der Waals surface area contributed by atoms with Gasteiger partial charge in [0.1, 0.15) is 0 Å². The zero-order valence-corrected chi connectivity index (χ0v) is 15.9. The van der Waals surface area contributed by atoms with Crippen LogP contribution in [-0.4, -0.2) is 31.1 Å². The number of nitrogen functional groups attached to an aromatic ring is 1. The lowest BCUT2D eigenvalue weighted by Gasteiger charge is -2.08. The molecule has 2 aromatic carbocycles. The fourth-order valence-electron chi connectivity index (χ4n) is 2.59. The smallest absolute Gasteiger partial charge is 0.338 e. The SMILES string of the molecule is Cc1ccc(Nc2nc(N)nc(COC(=O)c3ccc(-c4nnco4)cc3)n2)cc1. The van der Waals surface area contributed by atoms with Gasteiger partial charge in [-0.2, -0.15) is 15.0 Å². The van der Waals surface area contributed by atoms with E-state index in [0.717, 1.165) is 11.3 Å². The fourth-order valence-corrected chi connectivity index (χ4v) is 2.59. The van der Waals surface area contributed by atoms with E-state index in [0.29, 0.717) is 17.0 Å². The Labute approximate surface area is 171 Å². The van der Waals surface area contributed by atoms with E-state index in [9.17, 15) is 4.79 Å². The normalized spacial score (nSPS) is 10.6. The van der Waals surface area contributed by atoms with Gasteiger partial charge >= 0.3 is 5.97 Å². The Morgan fingerprint density at radius 1 is 1.07 bits per heavy atom. The van der Waals surface area contributed by atoms with Crippen LogP contribution in [0.15, 0.2) is 59.3 Å². The summed E-state index contributed by atoms with van der Waals surface area (Å²) in [5.41, 5.74) is 8.74. The second-order valence-electron chi connectivity index (χ2n) is 6.32. The van der Waals surface area contributed by atoms with Crippen LogP contribution < -0.4 is 11.1 Å². The summed E-state index contributed by atoms with van der Waals surface area (Å²) in [7, 11) is 0. The first-order chi connectivity index (χ1) is 14.6. The lowest BCUT2D eigenvalue weighted by atomic mass is 10.1. The number of rotatable bonds is 6. The molecule has 0 bridgehead atoms.